The summed E-state index contributed by atoms with van der Waals surface area (Å²) in [7, 11) is 0.536. The maximum absolute atomic E-state index is 13.1. The molecule has 0 fully saturated rings. The first kappa shape index (κ1) is 16.0. The summed E-state index contributed by atoms with van der Waals surface area (Å²) >= 11 is 0. The van der Waals surface area contributed by atoms with Crippen LogP contribution in [0.4, 0.5) is 5.69 Å². The number of rotatable bonds is 3. The number of para-hydroxylation sites is 1. The van der Waals surface area contributed by atoms with Gasteiger partial charge in [0.25, 0.3) is 10.0 Å². The number of hydrogen-bond donors (Lipinski definition) is 0. The summed E-state index contributed by atoms with van der Waals surface area (Å²) in [6, 6.07) is 15.1. The van der Waals surface area contributed by atoms with Gasteiger partial charge in [0.05, 0.1) is 10.6 Å². The van der Waals surface area contributed by atoms with E-state index >= 15 is 0 Å². The highest BCUT2D eigenvalue weighted by Gasteiger charge is 2.33. The lowest BCUT2D eigenvalue weighted by atomic mass is 9.97. The van der Waals surface area contributed by atoms with E-state index in [2.05, 4.69) is 4.90 Å². The van der Waals surface area contributed by atoms with Crippen LogP contribution >= 0.6 is 0 Å². The topological polar surface area (TPSA) is 40.6 Å². The van der Waals surface area contributed by atoms with Crippen LogP contribution in [0, 0.1) is 6.92 Å². The van der Waals surface area contributed by atoms with E-state index < -0.39 is 10.0 Å². The van der Waals surface area contributed by atoms with E-state index in [0.29, 0.717) is 11.4 Å². The molecule has 5 heteroatoms. The van der Waals surface area contributed by atoms with Crippen LogP contribution in [-0.2, 0) is 10.0 Å². The zero-order valence-corrected chi connectivity index (χ0v) is 14.5. The van der Waals surface area contributed by atoms with Crippen LogP contribution in [0.5, 0.6) is 0 Å². The van der Waals surface area contributed by atoms with E-state index in [4.69, 9.17) is 0 Å². The molecule has 3 rings (SSSR count). The zero-order chi connectivity index (χ0) is 16.6. The fourth-order valence-corrected chi connectivity index (χ4v) is 4.81. The molecule has 1 unspecified atom stereocenters. The molecule has 1 atom stereocenters. The Kier molecular flexibility index (Phi) is 4.17. The van der Waals surface area contributed by atoms with Crippen molar-refractivity contribution in [1.82, 2.24) is 4.90 Å². The molecule has 0 spiro atoms. The van der Waals surface area contributed by atoms with Gasteiger partial charge in [-0.15, -0.1) is 0 Å². The number of sulfonamides is 1. The molecule has 1 aliphatic rings. The van der Waals surface area contributed by atoms with Crippen LogP contribution in [-0.4, -0.2) is 34.0 Å². The van der Waals surface area contributed by atoms with Gasteiger partial charge in [-0.25, -0.2) is 8.42 Å². The number of aryl methyl sites for hydroxylation is 1. The van der Waals surface area contributed by atoms with Crippen molar-refractivity contribution >= 4 is 15.7 Å². The first-order chi connectivity index (χ1) is 10.9. The molecule has 0 N–H and O–H groups in total. The van der Waals surface area contributed by atoms with E-state index in [1.54, 1.807) is 22.5 Å². The van der Waals surface area contributed by atoms with Gasteiger partial charge in [-0.1, -0.05) is 30.3 Å². The van der Waals surface area contributed by atoms with Gasteiger partial charge in [0.15, 0.2) is 0 Å². The molecule has 122 valence electrons. The number of nitrogens with zero attached hydrogens (tertiary/aromatic N) is 2. The first-order valence-corrected chi connectivity index (χ1v) is 9.20. The van der Waals surface area contributed by atoms with Crippen LogP contribution < -0.4 is 4.31 Å². The molecule has 0 bridgehead atoms. The van der Waals surface area contributed by atoms with Crippen molar-refractivity contribution < 1.29 is 8.42 Å². The fraction of sp³-hybridized carbons (Fsp3) is 0.333. The molecule has 0 aromatic heterocycles. The van der Waals surface area contributed by atoms with Crippen molar-refractivity contribution in [2.45, 2.75) is 24.3 Å². The summed E-state index contributed by atoms with van der Waals surface area (Å²) in [4.78, 5) is 2.51. The largest absolute Gasteiger partial charge is 0.302 e. The Bertz CT molecular complexity index is 815. The van der Waals surface area contributed by atoms with Gasteiger partial charge in [-0.3, -0.25) is 4.31 Å². The number of fused-ring (bicyclic) bond motifs is 1. The Morgan fingerprint density at radius 3 is 2.52 bits per heavy atom. The second-order valence-corrected chi connectivity index (χ2v) is 8.08. The molecular weight excluding hydrogens is 308 g/mol. The lowest BCUT2D eigenvalue weighted by molar-refractivity contribution is 0.281. The minimum atomic E-state index is -3.53. The average Bonchev–Trinajstić information content (AvgIpc) is 2.53. The third-order valence-corrected chi connectivity index (χ3v) is 6.18. The molecule has 0 aliphatic carbocycles. The Morgan fingerprint density at radius 1 is 1.09 bits per heavy atom. The van der Waals surface area contributed by atoms with Crippen molar-refractivity contribution in [1.29, 1.82) is 0 Å². The molecule has 0 radical (unpaired) electrons. The molecule has 1 aliphatic heterocycles. The van der Waals surface area contributed by atoms with Crippen molar-refractivity contribution in [2.24, 2.45) is 0 Å². The van der Waals surface area contributed by atoms with E-state index in [0.717, 1.165) is 23.2 Å². The van der Waals surface area contributed by atoms with Gasteiger partial charge in [-0.05, 0) is 56.8 Å². The predicted octanol–water partition coefficient (Wildman–Crippen LogP) is 3.20. The van der Waals surface area contributed by atoms with Crippen molar-refractivity contribution in [3.05, 3.63) is 59.7 Å². The molecule has 2 aromatic carbocycles. The third kappa shape index (κ3) is 2.86. The standard InChI is InChI=1S/C18H22N2O2S/c1-14-7-6-8-15(13-14)23(21,22)20-12-11-17(19(2)3)16-9-4-5-10-18(16)20/h4-10,13,17H,11-12H2,1-3H3. The SMILES string of the molecule is Cc1cccc(S(=O)(=O)N2CCC(N(C)C)c3ccccc32)c1. The average molecular weight is 330 g/mol. The van der Waals surface area contributed by atoms with Gasteiger partial charge in [0, 0.05) is 12.6 Å². The summed E-state index contributed by atoms with van der Waals surface area (Å²) in [6.07, 6.45) is 0.787. The monoisotopic (exact) mass is 330 g/mol. The molecule has 0 amide bonds. The normalized spacial score (nSPS) is 18.1. The maximum atomic E-state index is 13.1. The van der Waals surface area contributed by atoms with Gasteiger partial charge in [0.2, 0.25) is 0 Å². The molecule has 23 heavy (non-hydrogen) atoms. The second-order valence-electron chi connectivity index (χ2n) is 6.22. The number of benzene rings is 2. The summed E-state index contributed by atoms with van der Waals surface area (Å²) in [5.41, 5.74) is 2.81. The molecular formula is C18H22N2O2S. The van der Waals surface area contributed by atoms with Crippen LogP contribution in [0.1, 0.15) is 23.6 Å². The van der Waals surface area contributed by atoms with Gasteiger partial charge in [-0.2, -0.15) is 0 Å². The quantitative estimate of drug-likeness (QED) is 0.868. The van der Waals surface area contributed by atoms with Crippen molar-refractivity contribution in [2.75, 3.05) is 24.9 Å². The van der Waals surface area contributed by atoms with Gasteiger partial charge < -0.3 is 4.90 Å². The molecule has 1 heterocycles. The van der Waals surface area contributed by atoms with Gasteiger partial charge in [0.1, 0.15) is 0 Å². The van der Waals surface area contributed by atoms with Crippen LogP contribution in [0.3, 0.4) is 0 Å². The first-order valence-electron chi connectivity index (χ1n) is 7.76. The Balaban J connectivity index is 2.09. The lowest BCUT2D eigenvalue weighted by Crippen LogP contribution is -2.39. The third-order valence-electron chi connectivity index (χ3n) is 4.37. The Hall–Kier alpha value is -1.85. The summed E-state index contributed by atoms with van der Waals surface area (Å²) < 4.78 is 27.7. The predicted molar refractivity (Wildman–Crippen MR) is 93.2 cm³/mol. The number of hydrogen-bond acceptors (Lipinski definition) is 3. The smallest absolute Gasteiger partial charge is 0.264 e. The van der Waals surface area contributed by atoms with E-state index in [1.165, 1.54) is 0 Å². The molecule has 2 aromatic rings. The van der Waals surface area contributed by atoms with E-state index in [1.807, 2.05) is 51.4 Å². The molecule has 0 saturated heterocycles. The Morgan fingerprint density at radius 2 is 1.83 bits per heavy atom. The van der Waals surface area contributed by atoms with Crippen molar-refractivity contribution in [3.63, 3.8) is 0 Å². The molecule has 4 nitrogen and oxygen atoms in total. The van der Waals surface area contributed by atoms with E-state index in [9.17, 15) is 8.42 Å². The molecule has 0 saturated carbocycles. The summed E-state index contributed by atoms with van der Waals surface area (Å²) in [5, 5.41) is 0. The summed E-state index contributed by atoms with van der Waals surface area (Å²) in [5.74, 6) is 0. The highest BCUT2D eigenvalue weighted by Crippen LogP contribution is 2.38. The van der Waals surface area contributed by atoms with Crippen LogP contribution in [0.25, 0.3) is 0 Å². The number of anilines is 1. The Labute approximate surface area is 138 Å². The van der Waals surface area contributed by atoms with Crippen molar-refractivity contribution in [3.8, 4) is 0 Å². The summed E-state index contributed by atoms with van der Waals surface area (Å²) in [6.45, 7) is 2.40. The second kappa shape index (κ2) is 5.98. The minimum Gasteiger partial charge on any atom is -0.302 e. The van der Waals surface area contributed by atoms with Crippen LogP contribution in [0.15, 0.2) is 53.4 Å². The maximum Gasteiger partial charge on any atom is 0.264 e. The van der Waals surface area contributed by atoms with E-state index in [-0.39, 0.29) is 6.04 Å². The minimum absolute atomic E-state index is 0.246. The zero-order valence-electron chi connectivity index (χ0n) is 13.7. The van der Waals surface area contributed by atoms with Gasteiger partial charge >= 0.3 is 0 Å². The lowest BCUT2D eigenvalue weighted by Gasteiger charge is -2.37. The fourth-order valence-electron chi connectivity index (χ4n) is 3.20. The highest BCUT2D eigenvalue weighted by atomic mass is 32.2. The van der Waals surface area contributed by atoms with Crippen LogP contribution in [0.2, 0.25) is 0 Å². The highest BCUT2D eigenvalue weighted by molar-refractivity contribution is 7.92.